The zero-order valence-corrected chi connectivity index (χ0v) is 9.12. The normalized spacial score (nSPS) is 13.1. The summed E-state index contributed by atoms with van der Waals surface area (Å²) >= 11 is 0. The van der Waals surface area contributed by atoms with E-state index in [1.54, 1.807) is 6.07 Å². The summed E-state index contributed by atoms with van der Waals surface area (Å²) in [5.41, 5.74) is 0.966. The van der Waals surface area contributed by atoms with Gasteiger partial charge in [-0.15, -0.1) is 0 Å². The first-order valence-electron chi connectivity index (χ1n) is 5.12. The molecule has 0 saturated heterocycles. The second kappa shape index (κ2) is 5.01. The molecule has 2 nitrogen and oxygen atoms in total. The van der Waals surface area contributed by atoms with Crippen LogP contribution >= 0.6 is 0 Å². The Kier molecular flexibility index (Phi) is 3.96. The Morgan fingerprint density at radius 2 is 1.86 bits per heavy atom. The van der Waals surface area contributed by atoms with Crippen molar-refractivity contribution < 1.29 is 5.11 Å². The van der Waals surface area contributed by atoms with Gasteiger partial charge >= 0.3 is 0 Å². The Balaban J connectivity index is 2.60. The summed E-state index contributed by atoms with van der Waals surface area (Å²) in [5, 5.41) is 13.0. The van der Waals surface area contributed by atoms with Crippen molar-refractivity contribution >= 4 is 0 Å². The van der Waals surface area contributed by atoms with Crippen molar-refractivity contribution in [3.8, 4) is 5.75 Å². The van der Waals surface area contributed by atoms with Crippen LogP contribution in [0.1, 0.15) is 32.4 Å². The molecule has 1 unspecified atom stereocenters. The van der Waals surface area contributed by atoms with Gasteiger partial charge in [0.05, 0.1) is 0 Å². The average Bonchev–Trinajstić information content (AvgIpc) is 2.15. The number of hydrogen-bond donors (Lipinski definition) is 2. The number of phenolic OH excluding ortho intramolecular Hbond substituents is 1. The highest BCUT2D eigenvalue weighted by Crippen LogP contribution is 2.22. The summed E-state index contributed by atoms with van der Waals surface area (Å²) < 4.78 is 0. The van der Waals surface area contributed by atoms with Crippen LogP contribution in [-0.4, -0.2) is 11.7 Å². The monoisotopic (exact) mass is 193 g/mol. The van der Waals surface area contributed by atoms with Crippen molar-refractivity contribution in [3.63, 3.8) is 0 Å². The number of hydrogen-bond acceptors (Lipinski definition) is 2. The molecule has 1 aromatic rings. The second-order valence-electron chi connectivity index (χ2n) is 4.08. The Morgan fingerprint density at radius 3 is 2.43 bits per heavy atom. The standard InChI is InChI=1S/C12H19NO/c1-9(2)8-13-10(3)11-6-4-5-7-12(11)14/h4-7,9-10,13-14H,8H2,1-3H3. The van der Waals surface area contributed by atoms with E-state index in [0.717, 1.165) is 12.1 Å². The largest absolute Gasteiger partial charge is 0.508 e. The van der Waals surface area contributed by atoms with Crippen LogP contribution in [0.2, 0.25) is 0 Å². The highest BCUT2D eigenvalue weighted by atomic mass is 16.3. The molecule has 1 aromatic carbocycles. The third-order valence-corrected chi connectivity index (χ3v) is 2.24. The first-order chi connectivity index (χ1) is 6.61. The Bertz CT molecular complexity index is 283. The summed E-state index contributed by atoms with van der Waals surface area (Å²) in [6.45, 7) is 7.38. The van der Waals surface area contributed by atoms with Gasteiger partial charge in [0.25, 0.3) is 0 Å². The summed E-state index contributed by atoms with van der Waals surface area (Å²) in [7, 11) is 0. The van der Waals surface area contributed by atoms with Gasteiger partial charge in [0.1, 0.15) is 5.75 Å². The molecule has 0 aliphatic rings. The van der Waals surface area contributed by atoms with Gasteiger partial charge in [0, 0.05) is 11.6 Å². The fourth-order valence-corrected chi connectivity index (χ4v) is 1.38. The van der Waals surface area contributed by atoms with Crippen LogP contribution in [0.25, 0.3) is 0 Å². The molecule has 2 N–H and O–H groups in total. The van der Waals surface area contributed by atoms with Crippen molar-refractivity contribution in [2.45, 2.75) is 26.8 Å². The van der Waals surface area contributed by atoms with Gasteiger partial charge in [-0.1, -0.05) is 32.0 Å². The second-order valence-corrected chi connectivity index (χ2v) is 4.08. The molecule has 0 aliphatic heterocycles. The number of phenols is 1. The van der Waals surface area contributed by atoms with E-state index in [4.69, 9.17) is 0 Å². The Morgan fingerprint density at radius 1 is 1.21 bits per heavy atom. The van der Waals surface area contributed by atoms with E-state index in [1.165, 1.54) is 0 Å². The fraction of sp³-hybridized carbons (Fsp3) is 0.500. The van der Waals surface area contributed by atoms with Crippen LogP contribution in [0, 0.1) is 5.92 Å². The minimum absolute atomic E-state index is 0.207. The lowest BCUT2D eigenvalue weighted by Gasteiger charge is -2.16. The predicted molar refractivity (Wildman–Crippen MR) is 59.4 cm³/mol. The molecule has 0 saturated carbocycles. The van der Waals surface area contributed by atoms with Crippen molar-refractivity contribution in [3.05, 3.63) is 29.8 Å². The van der Waals surface area contributed by atoms with Gasteiger partial charge in [-0.05, 0) is 25.5 Å². The van der Waals surface area contributed by atoms with Gasteiger partial charge in [0.2, 0.25) is 0 Å². The molecule has 0 aromatic heterocycles. The summed E-state index contributed by atoms with van der Waals surface area (Å²) in [6.07, 6.45) is 0. The zero-order chi connectivity index (χ0) is 10.6. The molecular weight excluding hydrogens is 174 g/mol. The number of rotatable bonds is 4. The van der Waals surface area contributed by atoms with E-state index in [-0.39, 0.29) is 6.04 Å². The zero-order valence-electron chi connectivity index (χ0n) is 9.12. The lowest BCUT2D eigenvalue weighted by Crippen LogP contribution is -2.23. The molecule has 2 heteroatoms. The fourth-order valence-electron chi connectivity index (χ4n) is 1.38. The highest BCUT2D eigenvalue weighted by Gasteiger charge is 2.08. The van der Waals surface area contributed by atoms with E-state index >= 15 is 0 Å². The van der Waals surface area contributed by atoms with Crippen molar-refractivity contribution in [1.82, 2.24) is 5.32 Å². The molecule has 0 amide bonds. The molecule has 1 atom stereocenters. The third-order valence-electron chi connectivity index (χ3n) is 2.24. The van der Waals surface area contributed by atoms with Crippen LogP contribution in [0.4, 0.5) is 0 Å². The first kappa shape index (κ1) is 11.1. The maximum absolute atomic E-state index is 9.61. The van der Waals surface area contributed by atoms with Gasteiger partial charge in [0.15, 0.2) is 0 Å². The summed E-state index contributed by atoms with van der Waals surface area (Å²) in [6, 6.07) is 7.67. The molecule has 0 aliphatic carbocycles. The van der Waals surface area contributed by atoms with E-state index in [9.17, 15) is 5.11 Å². The number of benzene rings is 1. The summed E-state index contributed by atoms with van der Waals surface area (Å²) in [4.78, 5) is 0. The van der Waals surface area contributed by atoms with Crippen LogP contribution in [0.5, 0.6) is 5.75 Å². The Hall–Kier alpha value is -1.02. The minimum atomic E-state index is 0.207. The predicted octanol–water partition coefficient (Wildman–Crippen LogP) is 2.70. The van der Waals surface area contributed by atoms with Gasteiger partial charge < -0.3 is 10.4 Å². The van der Waals surface area contributed by atoms with Gasteiger partial charge in [-0.25, -0.2) is 0 Å². The van der Waals surface area contributed by atoms with E-state index in [2.05, 4.69) is 26.1 Å². The quantitative estimate of drug-likeness (QED) is 0.770. The van der Waals surface area contributed by atoms with Crippen LogP contribution < -0.4 is 5.32 Å². The topological polar surface area (TPSA) is 32.3 Å². The lowest BCUT2D eigenvalue weighted by molar-refractivity contribution is 0.442. The van der Waals surface area contributed by atoms with Crippen LogP contribution in [0.3, 0.4) is 0 Å². The van der Waals surface area contributed by atoms with Crippen molar-refractivity contribution in [1.29, 1.82) is 0 Å². The molecule has 0 fully saturated rings. The van der Waals surface area contributed by atoms with Gasteiger partial charge in [-0.3, -0.25) is 0 Å². The SMILES string of the molecule is CC(C)CNC(C)c1ccccc1O. The van der Waals surface area contributed by atoms with E-state index < -0.39 is 0 Å². The van der Waals surface area contributed by atoms with Crippen LogP contribution in [0.15, 0.2) is 24.3 Å². The molecular formula is C12H19NO. The Labute approximate surface area is 86.0 Å². The molecule has 0 radical (unpaired) electrons. The first-order valence-corrected chi connectivity index (χ1v) is 5.12. The van der Waals surface area contributed by atoms with E-state index in [0.29, 0.717) is 11.7 Å². The average molecular weight is 193 g/mol. The maximum Gasteiger partial charge on any atom is 0.120 e. The molecule has 0 spiro atoms. The number of aromatic hydroxyl groups is 1. The van der Waals surface area contributed by atoms with Gasteiger partial charge in [-0.2, -0.15) is 0 Å². The minimum Gasteiger partial charge on any atom is -0.508 e. The highest BCUT2D eigenvalue weighted by molar-refractivity contribution is 5.34. The maximum atomic E-state index is 9.61. The summed E-state index contributed by atoms with van der Waals surface area (Å²) in [5.74, 6) is 1.000. The van der Waals surface area contributed by atoms with Crippen LogP contribution in [-0.2, 0) is 0 Å². The van der Waals surface area contributed by atoms with Crippen molar-refractivity contribution in [2.24, 2.45) is 5.92 Å². The number of nitrogens with one attached hydrogen (secondary N) is 1. The van der Waals surface area contributed by atoms with E-state index in [1.807, 2.05) is 18.2 Å². The molecule has 78 valence electrons. The molecule has 0 heterocycles. The molecule has 0 bridgehead atoms. The lowest BCUT2D eigenvalue weighted by atomic mass is 10.1. The molecule has 1 rings (SSSR count). The van der Waals surface area contributed by atoms with Crippen molar-refractivity contribution in [2.75, 3.05) is 6.54 Å². The number of para-hydroxylation sites is 1. The smallest absolute Gasteiger partial charge is 0.120 e. The third kappa shape index (κ3) is 3.04. The molecule has 14 heavy (non-hydrogen) atoms.